The Bertz CT molecular complexity index is 790. The van der Waals surface area contributed by atoms with Crippen molar-refractivity contribution < 1.29 is 18.3 Å². The van der Waals surface area contributed by atoms with Crippen molar-refractivity contribution in [2.75, 3.05) is 6.61 Å². The topological polar surface area (TPSA) is 44.1 Å². The van der Waals surface area contributed by atoms with Crippen LogP contribution >= 0.6 is 0 Å². The Morgan fingerprint density at radius 3 is 2.44 bits per heavy atom. The third-order valence-corrected chi connectivity index (χ3v) is 3.86. The summed E-state index contributed by atoms with van der Waals surface area (Å²) < 4.78 is 33.5. The molecule has 0 spiro atoms. The molecule has 1 aromatic carbocycles. The van der Waals surface area contributed by atoms with Gasteiger partial charge in [-0.15, -0.1) is 0 Å². The lowest BCUT2D eigenvalue weighted by Crippen LogP contribution is -2.08. The van der Waals surface area contributed by atoms with Gasteiger partial charge in [-0.3, -0.25) is 4.68 Å². The van der Waals surface area contributed by atoms with E-state index in [0.29, 0.717) is 24.0 Å². The number of carbonyl (C=O) groups excluding carboxylic acids is 1. The van der Waals surface area contributed by atoms with Crippen LogP contribution in [-0.4, -0.2) is 22.4 Å². The van der Waals surface area contributed by atoms with Crippen LogP contribution in [0, 0.1) is 11.6 Å². The number of nitrogens with zero attached hydrogens (tertiary/aromatic N) is 2. The first-order valence-electron chi connectivity index (χ1n) is 8.39. The molecule has 0 radical (unpaired) electrons. The second kappa shape index (κ2) is 8.05. The molecule has 134 valence electrons. The van der Waals surface area contributed by atoms with Crippen molar-refractivity contribution in [1.82, 2.24) is 9.78 Å². The quantitative estimate of drug-likeness (QED) is 0.773. The molecule has 0 bridgehead atoms. The fourth-order valence-electron chi connectivity index (χ4n) is 2.84. The first kappa shape index (κ1) is 18.8. The Hall–Kier alpha value is -2.50. The van der Waals surface area contributed by atoms with Crippen molar-refractivity contribution in [2.45, 2.75) is 33.6 Å². The maximum absolute atomic E-state index is 13.4. The van der Waals surface area contributed by atoms with Crippen LogP contribution in [0.4, 0.5) is 8.78 Å². The van der Waals surface area contributed by atoms with Gasteiger partial charge in [0.1, 0.15) is 11.6 Å². The largest absolute Gasteiger partial charge is 0.461 e. The smallest absolute Gasteiger partial charge is 0.359 e. The number of rotatable bonds is 3. The molecule has 3 rings (SSSR count). The third-order valence-electron chi connectivity index (χ3n) is 3.86. The normalized spacial score (nSPS) is 12.6. The zero-order chi connectivity index (χ0) is 18.6. The SMILES string of the molecule is CC.CCOC(=O)c1nn(C)c2c1C=C(c1cc(F)cc(F)c1)CC2. The van der Waals surface area contributed by atoms with Gasteiger partial charge in [-0.05, 0) is 49.1 Å². The van der Waals surface area contributed by atoms with E-state index in [-0.39, 0.29) is 12.3 Å². The molecular weight excluding hydrogens is 326 g/mol. The summed E-state index contributed by atoms with van der Waals surface area (Å²) in [7, 11) is 1.77. The molecule has 0 saturated heterocycles. The fourth-order valence-corrected chi connectivity index (χ4v) is 2.84. The summed E-state index contributed by atoms with van der Waals surface area (Å²) in [6.07, 6.45) is 3.03. The molecule has 0 unspecified atom stereocenters. The number of fused-ring (bicyclic) bond motifs is 1. The van der Waals surface area contributed by atoms with E-state index in [1.165, 1.54) is 12.1 Å². The Labute approximate surface area is 146 Å². The molecule has 1 aromatic heterocycles. The summed E-state index contributed by atoms with van der Waals surface area (Å²) in [5.41, 5.74) is 3.06. The molecule has 0 amide bonds. The van der Waals surface area contributed by atoms with Crippen molar-refractivity contribution in [3.05, 3.63) is 52.3 Å². The van der Waals surface area contributed by atoms with Gasteiger partial charge in [0, 0.05) is 24.4 Å². The van der Waals surface area contributed by atoms with Gasteiger partial charge < -0.3 is 4.74 Å². The Balaban J connectivity index is 0.00000109. The van der Waals surface area contributed by atoms with Gasteiger partial charge in [-0.25, -0.2) is 13.6 Å². The molecule has 0 aliphatic heterocycles. The average molecular weight is 348 g/mol. The maximum Gasteiger partial charge on any atom is 0.359 e. The zero-order valence-electron chi connectivity index (χ0n) is 14.9. The summed E-state index contributed by atoms with van der Waals surface area (Å²) in [5, 5.41) is 4.22. The Kier molecular flexibility index (Phi) is 6.07. The minimum atomic E-state index is -0.622. The molecule has 0 saturated carbocycles. The van der Waals surface area contributed by atoms with Gasteiger partial charge in [0.05, 0.1) is 6.61 Å². The van der Waals surface area contributed by atoms with Crippen LogP contribution in [0.3, 0.4) is 0 Å². The number of allylic oxidation sites excluding steroid dienone is 1. The van der Waals surface area contributed by atoms with E-state index < -0.39 is 17.6 Å². The average Bonchev–Trinajstić information content (AvgIpc) is 2.92. The van der Waals surface area contributed by atoms with E-state index in [0.717, 1.165) is 17.3 Å². The monoisotopic (exact) mass is 348 g/mol. The van der Waals surface area contributed by atoms with Crippen molar-refractivity contribution in [3.63, 3.8) is 0 Å². The standard InChI is InChI=1S/C17H16F2N2O2.C2H6/c1-3-23-17(22)16-14-8-10(4-5-15(14)21(2)20-16)11-6-12(18)9-13(19)7-11;1-2/h6-9H,3-5H2,1-2H3;1-2H3. The lowest BCUT2D eigenvalue weighted by molar-refractivity contribution is 0.0518. The molecule has 2 aromatic rings. The first-order chi connectivity index (χ1) is 12.0. The van der Waals surface area contributed by atoms with E-state index in [4.69, 9.17) is 4.74 Å². The number of halogens is 2. The molecule has 1 aliphatic rings. The maximum atomic E-state index is 13.4. The highest BCUT2D eigenvalue weighted by molar-refractivity contribution is 5.96. The van der Waals surface area contributed by atoms with E-state index >= 15 is 0 Å². The van der Waals surface area contributed by atoms with Crippen molar-refractivity contribution in [3.8, 4) is 0 Å². The third kappa shape index (κ3) is 3.95. The van der Waals surface area contributed by atoms with Gasteiger partial charge in [-0.1, -0.05) is 13.8 Å². The van der Waals surface area contributed by atoms with Crippen molar-refractivity contribution >= 4 is 17.6 Å². The first-order valence-corrected chi connectivity index (χ1v) is 8.39. The lowest BCUT2D eigenvalue weighted by atomic mass is 9.91. The van der Waals surface area contributed by atoms with Gasteiger partial charge in [0.25, 0.3) is 0 Å². The molecule has 1 aliphatic carbocycles. The molecule has 0 N–H and O–H groups in total. The van der Waals surface area contributed by atoms with Gasteiger partial charge >= 0.3 is 5.97 Å². The van der Waals surface area contributed by atoms with Crippen molar-refractivity contribution in [2.24, 2.45) is 7.05 Å². The predicted octanol–water partition coefficient (Wildman–Crippen LogP) is 4.39. The lowest BCUT2D eigenvalue weighted by Gasteiger charge is -2.15. The predicted molar refractivity (Wildman–Crippen MR) is 93.1 cm³/mol. The number of hydrogen-bond donors (Lipinski definition) is 0. The summed E-state index contributed by atoms with van der Waals surface area (Å²) in [6, 6.07) is 3.42. The summed E-state index contributed by atoms with van der Waals surface area (Å²) >= 11 is 0. The van der Waals surface area contributed by atoms with Gasteiger partial charge in [0.2, 0.25) is 0 Å². The Morgan fingerprint density at radius 1 is 1.20 bits per heavy atom. The molecule has 25 heavy (non-hydrogen) atoms. The summed E-state index contributed by atoms with van der Waals surface area (Å²) in [6.45, 7) is 5.99. The minimum Gasteiger partial charge on any atom is -0.461 e. The number of aromatic nitrogens is 2. The van der Waals surface area contributed by atoms with Crippen LogP contribution in [0.2, 0.25) is 0 Å². The number of aryl methyl sites for hydroxylation is 1. The highest BCUT2D eigenvalue weighted by atomic mass is 19.1. The molecule has 6 heteroatoms. The number of esters is 1. The highest BCUT2D eigenvalue weighted by Crippen LogP contribution is 2.32. The summed E-state index contributed by atoms with van der Waals surface area (Å²) in [5.74, 6) is -1.74. The van der Waals surface area contributed by atoms with Crippen LogP contribution in [0.25, 0.3) is 11.6 Å². The molecule has 4 nitrogen and oxygen atoms in total. The van der Waals surface area contributed by atoms with Crippen LogP contribution in [0.1, 0.15) is 54.5 Å². The van der Waals surface area contributed by atoms with E-state index in [9.17, 15) is 13.6 Å². The van der Waals surface area contributed by atoms with Crippen LogP contribution < -0.4 is 0 Å². The summed E-state index contributed by atoms with van der Waals surface area (Å²) in [4.78, 5) is 12.0. The Morgan fingerprint density at radius 2 is 1.84 bits per heavy atom. The number of hydrogen-bond acceptors (Lipinski definition) is 3. The zero-order valence-corrected chi connectivity index (χ0v) is 14.9. The molecule has 1 heterocycles. The van der Waals surface area contributed by atoms with E-state index in [2.05, 4.69) is 5.10 Å². The van der Waals surface area contributed by atoms with E-state index in [1.54, 1.807) is 24.7 Å². The van der Waals surface area contributed by atoms with Crippen LogP contribution in [0.5, 0.6) is 0 Å². The van der Waals surface area contributed by atoms with Crippen LogP contribution in [0.15, 0.2) is 18.2 Å². The fraction of sp³-hybridized carbons (Fsp3) is 0.368. The number of carbonyl (C=O) groups is 1. The highest BCUT2D eigenvalue weighted by Gasteiger charge is 2.25. The van der Waals surface area contributed by atoms with Crippen LogP contribution in [-0.2, 0) is 18.2 Å². The minimum absolute atomic E-state index is 0.235. The molecule has 0 fully saturated rings. The number of ether oxygens (including phenoxy) is 1. The second-order valence-corrected chi connectivity index (χ2v) is 5.38. The van der Waals surface area contributed by atoms with Crippen molar-refractivity contribution in [1.29, 1.82) is 0 Å². The number of benzene rings is 1. The van der Waals surface area contributed by atoms with E-state index in [1.807, 2.05) is 13.8 Å². The van der Waals surface area contributed by atoms with Gasteiger partial charge in [0.15, 0.2) is 5.69 Å². The molecular formula is C19H22F2N2O2. The second-order valence-electron chi connectivity index (χ2n) is 5.38. The molecule has 0 atom stereocenters. The van der Waals surface area contributed by atoms with Gasteiger partial charge in [-0.2, -0.15) is 5.10 Å².